The van der Waals surface area contributed by atoms with E-state index < -0.39 is 0 Å². The van der Waals surface area contributed by atoms with Gasteiger partial charge in [0.25, 0.3) is 5.91 Å². The van der Waals surface area contributed by atoms with Gasteiger partial charge in [0.1, 0.15) is 0 Å². The third-order valence-corrected chi connectivity index (χ3v) is 7.54. The van der Waals surface area contributed by atoms with E-state index in [1.807, 2.05) is 6.08 Å². The van der Waals surface area contributed by atoms with Gasteiger partial charge in [-0.15, -0.1) is 5.73 Å². The molecule has 180 valence electrons. The fourth-order valence-corrected chi connectivity index (χ4v) is 5.58. The SMILES string of the molecule is CCCCCCCCCC1C=CC(C)=CC1CC(C)CC1=C=CC2=C(C=C1CC)CNC2=O. The quantitative estimate of drug-likeness (QED) is 0.224. The molecule has 2 heteroatoms. The Balaban J connectivity index is 1.55. The number of carbonyl (C=O) groups is 1. The molecule has 2 nitrogen and oxygen atoms in total. The molecule has 33 heavy (non-hydrogen) atoms. The Morgan fingerprint density at radius 1 is 1.09 bits per heavy atom. The maximum atomic E-state index is 12.1. The molecule has 3 unspecified atom stereocenters. The van der Waals surface area contributed by atoms with Gasteiger partial charge < -0.3 is 5.32 Å². The van der Waals surface area contributed by atoms with Gasteiger partial charge in [0.05, 0.1) is 5.57 Å². The van der Waals surface area contributed by atoms with Crippen molar-refractivity contribution in [2.45, 2.75) is 98.3 Å². The number of allylic oxidation sites excluding steroid dienone is 5. The Morgan fingerprint density at radius 3 is 2.61 bits per heavy atom. The van der Waals surface area contributed by atoms with Crippen LogP contribution in [0.4, 0.5) is 0 Å². The molecular formula is C31H45NO. The molecule has 0 fully saturated rings. The molecule has 0 aromatic rings. The summed E-state index contributed by atoms with van der Waals surface area (Å²) in [5, 5.41) is 2.94. The molecule has 0 spiro atoms. The third kappa shape index (κ3) is 7.47. The molecule has 3 aliphatic rings. The van der Waals surface area contributed by atoms with Crippen molar-refractivity contribution < 1.29 is 4.79 Å². The highest BCUT2D eigenvalue weighted by Crippen LogP contribution is 2.35. The second kappa shape index (κ2) is 13.0. The molecule has 0 bridgehead atoms. The van der Waals surface area contributed by atoms with Crippen molar-refractivity contribution in [1.29, 1.82) is 0 Å². The van der Waals surface area contributed by atoms with E-state index in [1.54, 1.807) is 0 Å². The summed E-state index contributed by atoms with van der Waals surface area (Å²) >= 11 is 0. The zero-order chi connectivity index (χ0) is 23.6. The summed E-state index contributed by atoms with van der Waals surface area (Å²) in [7, 11) is 0. The predicted molar refractivity (Wildman–Crippen MR) is 141 cm³/mol. The summed E-state index contributed by atoms with van der Waals surface area (Å²) in [6.45, 7) is 9.79. The number of rotatable bonds is 13. The van der Waals surface area contributed by atoms with Crippen molar-refractivity contribution in [1.82, 2.24) is 5.32 Å². The number of unbranched alkanes of at least 4 members (excludes halogenated alkanes) is 6. The average molecular weight is 448 g/mol. The molecule has 1 aliphatic heterocycles. The molecule has 2 aliphatic carbocycles. The highest BCUT2D eigenvalue weighted by Gasteiger charge is 2.25. The largest absolute Gasteiger partial charge is 0.348 e. The Kier molecular flexibility index (Phi) is 10.1. The van der Waals surface area contributed by atoms with Gasteiger partial charge >= 0.3 is 0 Å². The van der Waals surface area contributed by atoms with Crippen LogP contribution in [-0.4, -0.2) is 12.5 Å². The summed E-state index contributed by atoms with van der Waals surface area (Å²) in [6, 6.07) is 0. The average Bonchev–Trinajstić information content (AvgIpc) is 3.04. The minimum atomic E-state index is 0.0429. The number of hydrogen-bond acceptors (Lipinski definition) is 1. The van der Waals surface area contributed by atoms with Crippen LogP contribution in [0.25, 0.3) is 0 Å². The number of nitrogens with one attached hydrogen (secondary N) is 1. The van der Waals surface area contributed by atoms with Crippen molar-refractivity contribution in [2.24, 2.45) is 17.8 Å². The first-order chi connectivity index (χ1) is 16.0. The second-order valence-electron chi connectivity index (χ2n) is 10.5. The fraction of sp³-hybridized carbons (Fsp3) is 0.613. The fourth-order valence-electron chi connectivity index (χ4n) is 5.58. The van der Waals surface area contributed by atoms with Crippen molar-refractivity contribution in [3.63, 3.8) is 0 Å². The number of carbonyl (C=O) groups excluding carboxylic acids is 1. The van der Waals surface area contributed by atoms with E-state index in [4.69, 9.17) is 0 Å². The van der Waals surface area contributed by atoms with Gasteiger partial charge in [-0.05, 0) is 73.2 Å². The van der Waals surface area contributed by atoms with Crippen molar-refractivity contribution in [2.75, 3.05) is 6.54 Å². The molecule has 0 saturated carbocycles. The third-order valence-electron chi connectivity index (χ3n) is 7.54. The lowest BCUT2D eigenvalue weighted by atomic mass is 9.76. The molecule has 1 heterocycles. The van der Waals surface area contributed by atoms with Crippen molar-refractivity contribution in [3.05, 3.63) is 64.0 Å². The topological polar surface area (TPSA) is 29.1 Å². The maximum Gasteiger partial charge on any atom is 0.252 e. The molecule has 0 aromatic heterocycles. The second-order valence-corrected chi connectivity index (χ2v) is 10.5. The Bertz CT molecular complexity index is 875. The first-order valence-electron chi connectivity index (χ1n) is 13.6. The van der Waals surface area contributed by atoms with Crippen LogP contribution < -0.4 is 5.32 Å². The maximum absolute atomic E-state index is 12.1. The molecule has 0 saturated heterocycles. The van der Waals surface area contributed by atoms with Crippen LogP contribution in [0.2, 0.25) is 0 Å². The van der Waals surface area contributed by atoms with E-state index in [1.165, 1.54) is 74.5 Å². The number of hydrogen-bond donors (Lipinski definition) is 1. The van der Waals surface area contributed by atoms with Crippen LogP contribution in [0.3, 0.4) is 0 Å². The molecule has 3 rings (SSSR count). The van der Waals surface area contributed by atoms with Gasteiger partial charge in [-0.25, -0.2) is 0 Å². The van der Waals surface area contributed by atoms with Crippen molar-refractivity contribution >= 4 is 5.91 Å². The normalized spacial score (nSPS) is 23.0. The summed E-state index contributed by atoms with van der Waals surface area (Å²) in [5.41, 5.74) is 9.48. The molecule has 3 atom stereocenters. The minimum absolute atomic E-state index is 0.0429. The highest BCUT2D eigenvalue weighted by molar-refractivity contribution is 6.00. The van der Waals surface area contributed by atoms with E-state index in [9.17, 15) is 4.79 Å². The Morgan fingerprint density at radius 2 is 1.85 bits per heavy atom. The van der Waals surface area contributed by atoms with Crippen molar-refractivity contribution in [3.8, 4) is 0 Å². The Labute approximate surface area is 202 Å². The lowest BCUT2D eigenvalue weighted by molar-refractivity contribution is -0.116. The molecule has 1 amide bonds. The van der Waals surface area contributed by atoms with Gasteiger partial charge in [0.15, 0.2) is 0 Å². The lowest BCUT2D eigenvalue weighted by Gasteiger charge is -2.28. The standard InChI is InChI=1S/C31H45NO/c1-5-7-8-9-10-11-12-13-26-15-14-23(3)18-28(26)20-24(4)19-27-16-17-30-29(21-25(27)6-2)22-32-31(30)33/h14-15,17-18,21,24,26,28H,5-13,19-20,22H2,1-4H3,(H,32,33). The van der Waals surface area contributed by atoms with Gasteiger partial charge in [-0.1, -0.05) is 95.6 Å². The first kappa shape index (κ1) is 25.6. The van der Waals surface area contributed by atoms with Gasteiger partial charge in [-0.2, -0.15) is 0 Å². The Hall–Kier alpha value is -2.05. The molecular weight excluding hydrogens is 402 g/mol. The lowest BCUT2D eigenvalue weighted by Crippen LogP contribution is -2.18. The van der Waals surface area contributed by atoms with Gasteiger partial charge in [0.2, 0.25) is 0 Å². The van der Waals surface area contributed by atoms with E-state index in [2.05, 4.69) is 63.0 Å². The first-order valence-corrected chi connectivity index (χ1v) is 13.6. The summed E-state index contributed by atoms with van der Waals surface area (Å²) in [6.07, 6.45) is 25.7. The zero-order valence-electron chi connectivity index (χ0n) is 21.5. The summed E-state index contributed by atoms with van der Waals surface area (Å²) in [5.74, 6) is 1.96. The van der Waals surface area contributed by atoms with Crippen LogP contribution in [-0.2, 0) is 4.79 Å². The smallest absolute Gasteiger partial charge is 0.252 e. The molecule has 1 N–H and O–H groups in total. The van der Waals surface area contributed by atoms with E-state index in [0.717, 1.165) is 24.0 Å². The van der Waals surface area contributed by atoms with Gasteiger partial charge in [0, 0.05) is 6.54 Å². The monoisotopic (exact) mass is 447 g/mol. The van der Waals surface area contributed by atoms with Crippen LogP contribution in [0.5, 0.6) is 0 Å². The van der Waals surface area contributed by atoms with E-state index >= 15 is 0 Å². The van der Waals surface area contributed by atoms with E-state index in [0.29, 0.717) is 24.3 Å². The van der Waals surface area contributed by atoms with E-state index in [-0.39, 0.29) is 5.91 Å². The summed E-state index contributed by atoms with van der Waals surface area (Å²) < 4.78 is 0. The molecule has 0 aromatic carbocycles. The van der Waals surface area contributed by atoms with Gasteiger partial charge in [-0.3, -0.25) is 4.79 Å². The van der Waals surface area contributed by atoms with Crippen LogP contribution in [0, 0.1) is 17.8 Å². The number of amides is 1. The zero-order valence-corrected chi connectivity index (χ0v) is 21.5. The summed E-state index contributed by atoms with van der Waals surface area (Å²) in [4.78, 5) is 12.1. The predicted octanol–water partition coefficient (Wildman–Crippen LogP) is 8.15. The molecule has 0 radical (unpaired) electrons. The van der Waals surface area contributed by atoms with Crippen LogP contribution in [0.15, 0.2) is 64.0 Å². The van der Waals surface area contributed by atoms with Crippen LogP contribution >= 0.6 is 0 Å². The highest BCUT2D eigenvalue weighted by atomic mass is 16.1. The van der Waals surface area contributed by atoms with Crippen LogP contribution in [0.1, 0.15) is 98.3 Å². The minimum Gasteiger partial charge on any atom is -0.348 e.